The van der Waals surface area contributed by atoms with Crippen molar-refractivity contribution in [3.63, 3.8) is 0 Å². The lowest BCUT2D eigenvalue weighted by molar-refractivity contribution is 0.298. The maximum absolute atomic E-state index is 11.9. The maximum atomic E-state index is 11.9. The van der Waals surface area contributed by atoms with E-state index in [2.05, 4.69) is 9.97 Å². The average molecular weight is 320 g/mol. The van der Waals surface area contributed by atoms with Crippen molar-refractivity contribution in [3.05, 3.63) is 70.7 Å². The van der Waals surface area contributed by atoms with Gasteiger partial charge in [-0.25, -0.2) is 4.98 Å². The zero-order chi connectivity index (χ0) is 16.9. The van der Waals surface area contributed by atoms with E-state index >= 15 is 0 Å². The van der Waals surface area contributed by atoms with Crippen LogP contribution in [-0.2, 0) is 6.54 Å². The maximum Gasteiger partial charge on any atom is 0.266 e. The van der Waals surface area contributed by atoms with Gasteiger partial charge < -0.3 is 14.3 Å². The molecule has 0 saturated carbocycles. The highest BCUT2D eigenvalue weighted by molar-refractivity contribution is 5.70. The summed E-state index contributed by atoms with van der Waals surface area (Å²) in [5.74, 6) is 0.735. The van der Waals surface area contributed by atoms with Crippen LogP contribution in [0.4, 0.5) is 0 Å². The van der Waals surface area contributed by atoms with E-state index < -0.39 is 0 Å². The Hall–Kier alpha value is -3.33. The first-order chi connectivity index (χ1) is 11.7. The number of ether oxygens (including phenoxy) is 1. The minimum Gasteiger partial charge on any atom is -0.492 e. The molecule has 0 unspecified atom stereocenters. The first kappa shape index (κ1) is 15.6. The van der Waals surface area contributed by atoms with Gasteiger partial charge in [0.1, 0.15) is 24.0 Å². The van der Waals surface area contributed by atoms with Crippen LogP contribution in [0.25, 0.3) is 11.1 Å². The molecule has 3 aromatic rings. The SMILES string of the molecule is Cc1cc(-c2ccc(OCCn3ccnc3)cc2)c(C#N)c(=O)[nH]1. The van der Waals surface area contributed by atoms with Crippen molar-refractivity contribution in [1.29, 1.82) is 5.26 Å². The van der Waals surface area contributed by atoms with Crippen molar-refractivity contribution in [2.45, 2.75) is 13.5 Å². The van der Waals surface area contributed by atoms with Crippen LogP contribution in [0.1, 0.15) is 11.3 Å². The van der Waals surface area contributed by atoms with Crippen LogP contribution < -0.4 is 10.3 Å². The van der Waals surface area contributed by atoms with Gasteiger partial charge >= 0.3 is 0 Å². The summed E-state index contributed by atoms with van der Waals surface area (Å²) in [5, 5.41) is 9.21. The van der Waals surface area contributed by atoms with Crippen LogP contribution in [0, 0.1) is 18.3 Å². The summed E-state index contributed by atoms with van der Waals surface area (Å²) in [6, 6.07) is 11.1. The molecule has 0 aliphatic rings. The number of hydrogen-bond donors (Lipinski definition) is 1. The van der Waals surface area contributed by atoms with Gasteiger partial charge in [0.25, 0.3) is 5.56 Å². The van der Waals surface area contributed by atoms with Gasteiger partial charge in [0.05, 0.1) is 12.9 Å². The Balaban J connectivity index is 1.75. The van der Waals surface area contributed by atoms with Crippen LogP contribution in [0.5, 0.6) is 5.75 Å². The molecule has 2 aromatic heterocycles. The summed E-state index contributed by atoms with van der Waals surface area (Å²) in [7, 11) is 0. The molecule has 6 nitrogen and oxygen atoms in total. The Morgan fingerprint density at radius 1 is 1.33 bits per heavy atom. The number of aryl methyl sites for hydroxylation is 1. The molecule has 1 aromatic carbocycles. The zero-order valence-electron chi connectivity index (χ0n) is 13.2. The molecule has 1 N–H and O–H groups in total. The van der Waals surface area contributed by atoms with Gasteiger partial charge in [0.15, 0.2) is 0 Å². The third-order valence-electron chi connectivity index (χ3n) is 3.62. The standard InChI is InChI=1S/C18H16N4O2/c1-13-10-16(17(11-19)18(23)21-13)14-2-4-15(5-3-14)24-9-8-22-7-6-20-12-22/h2-7,10,12H,8-9H2,1H3,(H,21,23). The topological polar surface area (TPSA) is 83.7 Å². The van der Waals surface area contributed by atoms with Crippen molar-refractivity contribution in [2.75, 3.05) is 6.61 Å². The van der Waals surface area contributed by atoms with Crippen LogP contribution in [-0.4, -0.2) is 21.1 Å². The van der Waals surface area contributed by atoms with Crippen molar-refractivity contribution in [1.82, 2.24) is 14.5 Å². The zero-order valence-corrected chi connectivity index (χ0v) is 13.2. The van der Waals surface area contributed by atoms with E-state index in [1.54, 1.807) is 25.5 Å². The fraction of sp³-hybridized carbons (Fsp3) is 0.167. The molecule has 0 aliphatic carbocycles. The molecule has 2 heterocycles. The number of imidazole rings is 1. The number of rotatable bonds is 5. The molecular formula is C18H16N4O2. The number of nitrogens with zero attached hydrogens (tertiary/aromatic N) is 3. The van der Waals surface area contributed by atoms with Gasteiger partial charge in [0.2, 0.25) is 0 Å². The highest BCUT2D eigenvalue weighted by Gasteiger charge is 2.10. The highest BCUT2D eigenvalue weighted by Crippen LogP contribution is 2.24. The number of H-pyrrole nitrogens is 1. The van der Waals surface area contributed by atoms with Gasteiger partial charge in [-0.15, -0.1) is 0 Å². The van der Waals surface area contributed by atoms with Crippen LogP contribution >= 0.6 is 0 Å². The van der Waals surface area contributed by atoms with Crippen LogP contribution in [0.3, 0.4) is 0 Å². The fourth-order valence-electron chi connectivity index (χ4n) is 2.45. The Kier molecular flexibility index (Phi) is 4.43. The van der Waals surface area contributed by atoms with Gasteiger partial charge in [0, 0.05) is 23.7 Å². The minimum atomic E-state index is -0.367. The molecule has 120 valence electrons. The highest BCUT2D eigenvalue weighted by atomic mass is 16.5. The lowest BCUT2D eigenvalue weighted by atomic mass is 10.0. The van der Waals surface area contributed by atoms with Gasteiger partial charge in [-0.2, -0.15) is 5.26 Å². The number of nitriles is 1. The summed E-state index contributed by atoms with van der Waals surface area (Å²) in [6.45, 7) is 3.04. The first-order valence-electron chi connectivity index (χ1n) is 7.50. The number of pyridine rings is 1. The Morgan fingerprint density at radius 2 is 2.12 bits per heavy atom. The van der Waals surface area contributed by atoms with Gasteiger partial charge in [-0.3, -0.25) is 4.79 Å². The molecule has 0 atom stereocenters. The molecule has 0 spiro atoms. The Labute approximate surface area is 139 Å². The largest absolute Gasteiger partial charge is 0.492 e. The Morgan fingerprint density at radius 3 is 2.79 bits per heavy atom. The lowest BCUT2D eigenvalue weighted by Crippen LogP contribution is -2.12. The third-order valence-corrected chi connectivity index (χ3v) is 3.62. The fourth-order valence-corrected chi connectivity index (χ4v) is 2.45. The summed E-state index contributed by atoms with van der Waals surface area (Å²) in [6.07, 6.45) is 5.35. The molecule has 0 aliphatic heterocycles. The summed E-state index contributed by atoms with van der Waals surface area (Å²) < 4.78 is 7.63. The monoisotopic (exact) mass is 320 g/mol. The molecule has 0 bridgehead atoms. The van der Waals surface area contributed by atoms with Crippen molar-refractivity contribution >= 4 is 0 Å². The molecule has 0 saturated heterocycles. The number of hydrogen-bond acceptors (Lipinski definition) is 4. The van der Waals surface area contributed by atoms with E-state index in [1.165, 1.54) is 0 Å². The van der Waals surface area contributed by atoms with E-state index in [4.69, 9.17) is 4.74 Å². The molecule has 0 fully saturated rings. The van der Waals surface area contributed by atoms with Crippen molar-refractivity contribution < 1.29 is 4.74 Å². The van der Waals surface area contributed by atoms with E-state index in [9.17, 15) is 10.1 Å². The molecular weight excluding hydrogens is 304 g/mol. The minimum absolute atomic E-state index is 0.120. The molecule has 24 heavy (non-hydrogen) atoms. The predicted octanol–water partition coefficient (Wildman–Crippen LogP) is 2.50. The second kappa shape index (κ2) is 6.84. The summed E-state index contributed by atoms with van der Waals surface area (Å²) in [4.78, 5) is 18.5. The predicted molar refractivity (Wildman–Crippen MR) is 89.7 cm³/mol. The van der Waals surface area contributed by atoms with E-state index in [0.717, 1.165) is 17.0 Å². The number of aromatic amines is 1. The number of aromatic nitrogens is 3. The summed E-state index contributed by atoms with van der Waals surface area (Å²) >= 11 is 0. The van der Waals surface area contributed by atoms with E-state index in [-0.39, 0.29) is 11.1 Å². The molecule has 6 heteroatoms. The van der Waals surface area contributed by atoms with E-state index in [1.807, 2.05) is 41.1 Å². The number of benzene rings is 1. The normalized spacial score (nSPS) is 10.3. The number of nitrogens with one attached hydrogen (secondary N) is 1. The van der Waals surface area contributed by atoms with Crippen molar-refractivity contribution in [2.24, 2.45) is 0 Å². The van der Waals surface area contributed by atoms with Crippen molar-refractivity contribution in [3.8, 4) is 22.9 Å². The van der Waals surface area contributed by atoms with Crippen LogP contribution in [0.15, 0.2) is 53.8 Å². The average Bonchev–Trinajstić information content (AvgIpc) is 3.08. The Bertz CT molecular complexity index is 919. The molecule has 0 amide bonds. The second-order valence-electron chi connectivity index (χ2n) is 5.36. The smallest absolute Gasteiger partial charge is 0.266 e. The van der Waals surface area contributed by atoms with E-state index in [0.29, 0.717) is 18.7 Å². The molecule has 0 radical (unpaired) electrons. The quantitative estimate of drug-likeness (QED) is 0.783. The second-order valence-corrected chi connectivity index (χ2v) is 5.36. The third kappa shape index (κ3) is 3.36. The first-order valence-corrected chi connectivity index (χ1v) is 7.50. The van der Waals surface area contributed by atoms with Gasteiger partial charge in [-0.1, -0.05) is 12.1 Å². The summed E-state index contributed by atoms with van der Waals surface area (Å²) in [5.41, 5.74) is 1.91. The van der Waals surface area contributed by atoms with Crippen LogP contribution in [0.2, 0.25) is 0 Å². The molecule has 3 rings (SSSR count). The van der Waals surface area contributed by atoms with Gasteiger partial charge in [-0.05, 0) is 30.7 Å². The lowest BCUT2D eigenvalue weighted by Gasteiger charge is -2.09.